The molecule has 7 nitrogen and oxygen atoms in total. The van der Waals surface area contributed by atoms with E-state index in [1.807, 2.05) is 12.1 Å². The molecular weight excluding hydrogens is 232 g/mol. The van der Waals surface area contributed by atoms with E-state index < -0.39 is 0 Å². The van der Waals surface area contributed by atoms with Crippen LogP contribution in [0.1, 0.15) is 0 Å². The average Bonchev–Trinajstić information content (AvgIpc) is 2.47. The van der Waals surface area contributed by atoms with Gasteiger partial charge in [0.15, 0.2) is 5.65 Å². The smallest absolute Gasteiger partial charge is 0.241 e. The number of nitrogens with one attached hydrogen (secondary N) is 1. The topological polar surface area (TPSA) is 89.2 Å². The largest absolute Gasteiger partial charge is 0.378 e. The Bertz CT molecular complexity index is 554. The first-order chi connectivity index (χ1) is 8.88. The normalized spacial score (nSPS) is 15.9. The minimum absolute atomic E-state index is 0.377. The molecule has 1 aliphatic rings. The number of pyridine rings is 1. The van der Waals surface area contributed by atoms with Gasteiger partial charge in [-0.05, 0) is 12.1 Å². The second-order valence-corrected chi connectivity index (χ2v) is 3.99. The summed E-state index contributed by atoms with van der Waals surface area (Å²) < 4.78 is 5.35. The van der Waals surface area contributed by atoms with Gasteiger partial charge in [0, 0.05) is 19.3 Å². The maximum Gasteiger partial charge on any atom is 0.241 e. The molecule has 0 radical (unpaired) electrons. The number of anilines is 2. The van der Waals surface area contributed by atoms with Gasteiger partial charge in [0.05, 0.1) is 18.6 Å². The van der Waals surface area contributed by atoms with Gasteiger partial charge in [0.1, 0.15) is 5.82 Å². The third-order valence-corrected chi connectivity index (χ3v) is 2.89. The van der Waals surface area contributed by atoms with E-state index in [0.717, 1.165) is 24.3 Å². The highest BCUT2D eigenvalue weighted by molar-refractivity contribution is 5.87. The molecule has 0 saturated carbocycles. The van der Waals surface area contributed by atoms with Crippen LogP contribution in [-0.2, 0) is 4.74 Å². The highest BCUT2D eigenvalue weighted by Gasteiger charge is 2.17. The Labute approximate surface area is 104 Å². The number of fused-ring (bicyclic) bond motifs is 1. The lowest BCUT2D eigenvalue weighted by molar-refractivity contribution is 0.122. The molecule has 0 spiro atoms. The molecule has 0 aliphatic carbocycles. The minimum Gasteiger partial charge on any atom is -0.378 e. The van der Waals surface area contributed by atoms with E-state index in [1.165, 1.54) is 0 Å². The zero-order chi connectivity index (χ0) is 12.4. The molecule has 7 heteroatoms. The molecular formula is C11H14N6O. The van der Waals surface area contributed by atoms with Crippen molar-refractivity contribution in [1.29, 1.82) is 0 Å². The summed E-state index contributed by atoms with van der Waals surface area (Å²) in [6.07, 6.45) is 1.71. The van der Waals surface area contributed by atoms with Crippen molar-refractivity contribution in [3.8, 4) is 0 Å². The van der Waals surface area contributed by atoms with Crippen LogP contribution >= 0.6 is 0 Å². The van der Waals surface area contributed by atoms with Gasteiger partial charge in [-0.25, -0.2) is 10.8 Å². The van der Waals surface area contributed by atoms with Crippen molar-refractivity contribution in [2.24, 2.45) is 5.84 Å². The molecule has 3 rings (SSSR count). The van der Waals surface area contributed by atoms with Crippen LogP contribution in [0.15, 0.2) is 18.3 Å². The van der Waals surface area contributed by atoms with Crippen LogP contribution < -0.4 is 16.2 Å². The summed E-state index contributed by atoms with van der Waals surface area (Å²) in [6.45, 7) is 3.03. The molecule has 2 aromatic heterocycles. The Balaban J connectivity index is 2.12. The number of nitrogens with two attached hydrogens (primary N) is 1. The lowest BCUT2D eigenvalue weighted by atomic mass is 10.3. The molecule has 18 heavy (non-hydrogen) atoms. The Kier molecular flexibility index (Phi) is 2.91. The molecule has 3 N–H and O–H groups in total. The third kappa shape index (κ3) is 1.93. The molecule has 3 heterocycles. The number of hydrogen-bond acceptors (Lipinski definition) is 7. The van der Waals surface area contributed by atoms with Crippen LogP contribution in [0.2, 0.25) is 0 Å². The van der Waals surface area contributed by atoms with E-state index in [-0.39, 0.29) is 0 Å². The van der Waals surface area contributed by atoms with Gasteiger partial charge in [0.2, 0.25) is 5.95 Å². The molecule has 1 aliphatic heterocycles. The fraction of sp³-hybridized carbons (Fsp3) is 0.364. The number of nitrogen functional groups attached to an aromatic ring is 1. The van der Waals surface area contributed by atoms with E-state index in [2.05, 4.69) is 25.3 Å². The zero-order valence-corrected chi connectivity index (χ0v) is 9.83. The highest BCUT2D eigenvalue weighted by Crippen LogP contribution is 2.24. The molecule has 0 bridgehead atoms. The zero-order valence-electron chi connectivity index (χ0n) is 9.83. The number of nitrogens with zero attached hydrogens (tertiary/aromatic N) is 4. The van der Waals surface area contributed by atoms with Gasteiger partial charge >= 0.3 is 0 Å². The Hall–Kier alpha value is -1.99. The van der Waals surface area contributed by atoms with E-state index >= 15 is 0 Å². The molecule has 0 atom stereocenters. The number of hydrazine groups is 1. The fourth-order valence-electron chi connectivity index (χ4n) is 2.03. The van der Waals surface area contributed by atoms with Crippen LogP contribution in [0, 0.1) is 0 Å². The molecule has 1 fully saturated rings. The molecule has 2 aromatic rings. The first-order valence-corrected chi connectivity index (χ1v) is 5.80. The SMILES string of the molecule is NNc1nc(N2CCOCC2)c2cccnc2n1. The standard InChI is InChI=1S/C11H14N6O/c12-16-11-14-9-8(2-1-3-13-9)10(15-11)17-4-6-18-7-5-17/h1-3H,4-7,12H2,(H,13,14,15,16). The lowest BCUT2D eigenvalue weighted by Crippen LogP contribution is -2.37. The minimum atomic E-state index is 0.377. The second-order valence-electron chi connectivity index (χ2n) is 3.99. The number of morpholine rings is 1. The summed E-state index contributed by atoms with van der Waals surface area (Å²) >= 11 is 0. The van der Waals surface area contributed by atoms with Crippen molar-refractivity contribution >= 4 is 22.8 Å². The summed E-state index contributed by atoms with van der Waals surface area (Å²) in [6, 6.07) is 3.85. The van der Waals surface area contributed by atoms with Crippen molar-refractivity contribution in [2.75, 3.05) is 36.6 Å². The Morgan fingerprint density at radius 1 is 1.28 bits per heavy atom. The Morgan fingerprint density at radius 2 is 2.11 bits per heavy atom. The van der Waals surface area contributed by atoms with Crippen LogP contribution in [0.25, 0.3) is 11.0 Å². The van der Waals surface area contributed by atoms with Gasteiger partial charge in [-0.3, -0.25) is 5.43 Å². The van der Waals surface area contributed by atoms with Crippen molar-refractivity contribution < 1.29 is 4.74 Å². The summed E-state index contributed by atoms with van der Waals surface area (Å²) in [5, 5.41) is 0.929. The van der Waals surface area contributed by atoms with Crippen molar-refractivity contribution in [3.63, 3.8) is 0 Å². The first kappa shape index (κ1) is 11.1. The maximum absolute atomic E-state index is 5.39. The molecule has 1 saturated heterocycles. The van der Waals surface area contributed by atoms with Crippen molar-refractivity contribution in [3.05, 3.63) is 18.3 Å². The van der Waals surface area contributed by atoms with Gasteiger partial charge < -0.3 is 9.64 Å². The van der Waals surface area contributed by atoms with E-state index in [0.29, 0.717) is 24.8 Å². The van der Waals surface area contributed by atoms with Gasteiger partial charge in [-0.2, -0.15) is 9.97 Å². The average molecular weight is 246 g/mol. The van der Waals surface area contributed by atoms with E-state index in [9.17, 15) is 0 Å². The fourth-order valence-corrected chi connectivity index (χ4v) is 2.03. The predicted molar refractivity (Wildman–Crippen MR) is 68.2 cm³/mol. The van der Waals surface area contributed by atoms with E-state index in [4.69, 9.17) is 10.6 Å². The third-order valence-electron chi connectivity index (χ3n) is 2.89. The summed E-state index contributed by atoms with van der Waals surface area (Å²) in [7, 11) is 0. The summed E-state index contributed by atoms with van der Waals surface area (Å²) in [5.41, 5.74) is 3.12. The number of rotatable bonds is 2. The lowest BCUT2D eigenvalue weighted by Gasteiger charge is -2.28. The van der Waals surface area contributed by atoms with Crippen molar-refractivity contribution in [2.45, 2.75) is 0 Å². The van der Waals surface area contributed by atoms with Crippen LogP contribution in [0.3, 0.4) is 0 Å². The van der Waals surface area contributed by atoms with Crippen LogP contribution in [0.4, 0.5) is 11.8 Å². The van der Waals surface area contributed by atoms with Gasteiger partial charge in [-0.1, -0.05) is 0 Å². The summed E-state index contributed by atoms with van der Waals surface area (Å²) in [4.78, 5) is 15.1. The first-order valence-electron chi connectivity index (χ1n) is 5.80. The predicted octanol–water partition coefficient (Wildman–Crippen LogP) is 0.147. The second kappa shape index (κ2) is 4.71. The number of hydrogen-bond donors (Lipinski definition) is 2. The Morgan fingerprint density at radius 3 is 2.89 bits per heavy atom. The number of aromatic nitrogens is 3. The van der Waals surface area contributed by atoms with E-state index in [1.54, 1.807) is 6.20 Å². The van der Waals surface area contributed by atoms with Crippen molar-refractivity contribution in [1.82, 2.24) is 15.0 Å². The number of ether oxygens (including phenoxy) is 1. The quantitative estimate of drug-likeness (QED) is 0.575. The van der Waals surface area contributed by atoms with Crippen LogP contribution in [-0.4, -0.2) is 41.3 Å². The molecule has 0 aromatic carbocycles. The van der Waals surface area contributed by atoms with Crippen LogP contribution in [0.5, 0.6) is 0 Å². The molecule has 94 valence electrons. The maximum atomic E-state index is 5.39. The monoisotopic (exact) mass is 246 g/mol. The van der Waals surface area contributed by atoms with Gasteiger partial charge in [0.25, 0.3) is 0 Å². The molecule has 0 amide bonds. The molecule has 0 unspecified atom stereocenters. The summed E-state index contributed by atoms with van der Waals surface area (Å²) in [5.74, 6) is 6.62. The van der Waals surface area contributed by atoms with Gasteiger partial charge in [-0.15, -0.1) is 0 Å². The highest BCUT2D eigenvalue weighted by atomic mass is 16.5.